The van der Waals surface area contributed by atoms with Crippen LogP contribution in [0.25, 0.3) is 0 Å². The van der Waals surface area contributed by atoms with E-state index in [1.54, 1.807) is 18.0 Å². The number of aromatic amines is 1. The molecule has 1 aromatic heterocycles. The van der Waals surface area contributed by atoms with Gasteiger partial charge in [-0.25, -0.2) is 0 Å². The van der Waals surface area contributed by atoms with Gasteiger partial charge in [0.25, 0.3) is 0 Å². The molecule has 1 atom stereocenters. The van der Waals surface area contributed by atoms with Crippen molar-refractivity contribution in [1.82, 2.24) is 15.1 Å². The van der Waals surface area contributed by atoms with Gasteiger partial charge in [-0.05, 0) is 37.1 Å². The van der Waals surface area contributed by atoms with Crippen molar-refractivity contribution in [1.29, 1.82) is 0 Å². The van der Waals surface area contributed by atoms with Crippen LogP contribution < -0.4 is 9.47 Å². The van der Waals surface area contributed by atoms with E-state index in [1.807, 2.05) is 29.2 Å². The molecule has 0 radical (unpaired) electrons. The van der Waals surface area contributed by atoms with Crippen LogP contribution in [0.5, 0.6) is 11.5 Å². The summed E-state index contributed by atoms with van der Waals surface area (Å²) in [6.45, 7) is 2.84. The van der Waals surface area contributed by atoms with Gasteiger partial charge in [0, 0.05) is 48.0 Å². The van der Waals surface area contributed by atoms with Crippen LogP contribution in [0.3, 0.4) is 0 Å². The molecular weight excluding hydrogens is 350 g/mol. The van der Waals surface area contributed by atoms with Gasteiger partial charge in [0.15, 0.2) is 11.5 Å². The molecule has 0 saturated carbocycles. The van der Waals surface area contributed by atoms with E-state index < -0.39 is 0 Å². The fourth-order valence-electron chi connectivity index (χ4n) is 3.48. The second kappa shape index (κ2) is 8.03. The molecule has 4 rings (SSSR count). The summed E-state index contributed by atoms with van der Waals surface area (Å²) in [6, 6.07) is 7.98. The van der Waals surface area contributed by atoms with Crippen LogP contribution in [0, 0.1) is 0 Å². The van der Waals surface area contributed by atoms with E-state index in [4.69, 9.17) is 9.47 Å². The molecule has 1 amide bonds. The highest BCUT2D eigenvalue weighted by atomic mass is 32.2. The third kappa shape index (κ3) is 3.98. The number of H-pyrrole nitrogens is 1. The Morgan fingerprint density at radius 2 is 2.15 bits per heavy atom. The number of carbonyl (C=O) groups excluding carboxylic acids is 1. The molecule has 0 aliphatic carbocycles. The first-order chi connectivity index (χ1) is 12.8. The Kier molecular flexibility index (Phi) is 5.34. The first-order valence-electron chi connectivity index (χ1n) is 9.09. The van der Waals surface area contributed by atoms with Gasteiger partial charge in [-0.3, -0.25) is 9.89 Å². The molecule has 138 valence electrons. The lowest BCUT2D eigenvalue weighted by Gasteiger charge is -2.32. The zero-order valence-corrected chi connectivity index (χ0v) is 15.5. The van der Waals surface area contributed by atoms with Gasteiger partial charge in [0.05, 0.1) is 0 Å². The van der Waals surface area contributed by atoms with E-state index >= 15 is 0 Å². The number of nitrogens with zero attached hydrogens (tertiary/aromatic N) is 2. The predicted octanol–water partition coefficient (Wildman–Crippen LogP) is 3.07. The number of rotatable bonds is 5. The Morgan fingerprint density at radius 1 is 1.27 bits per heavy atom. The fraction of sp³-hybridized carbons (Fsp3) is 0.474. The molecule has 1 fully saturated rings. The lowest BCUT2D eigenvalue weighted by molar-refractivity contribution is -0.131. The number of amides is 1. The van der Waals surface area contributed by atoms with Crippen LogP contribution in [0.4, 0.5) is 0 Å². The van der Waals surface area contributed by atoms with E-state index in [9.17, 15) is 4.79 Å². The van der Waals surface area contributed by atoms with Crippen molar-refractivity contribution in [3.05, 3.63) is 36.2 Å². The number of fused-ring (bicyclic) bond motifs is 1. The van der Waals surface area contributed by atoms with Gasteiger partial charge in [-0.1, -0.05) is 0 Å². The Balaban J connectivity index is 1.27. The topological polar surface area (TPSA) is 67.5 Å². The molecule has 2 aliphatic heterocycles. The summed E-state index contributed by atoms with van der Waals surface area (Å²) in [5.41, 5.74) is 1.13. The van der Waals surface area contributed by atoms with Crippen molar-refractivity contribution in [2.45, 2.75) is 30.1 Å². The second-order valence-electron chi connectivity index (χ2n) is 6.59. The van der Waals surface area contributed by atoms with Crippen molar-refractivity contribution >= 4 is 17.7 Å². The van der Waals surface area contributed by atoms with Crippen LogP contribution in [0.15, 0.2) is 35.4 Å². The van der Waals surface area contributed by atoms with Gasteiger partial charge in [0.2, 0.25) is 5.91 Å². The van der Waals surface area contributed by atoms with Crippen LogP contribution in [-0.2, 0) is 4.79 Å². The molecule has 2 aliphatic rings. The molecule has 1 N–H and O–H groups in total. The average Bonchev–Trinajstić information content (AvgIpc) is 3.23. The summed E-state index contributed by atoms with van der Waals surface area (Å²) >= 11 is 1.68. The highest BCUT2D eigenvalue weighted by molar-refractivity contribution is 7.99. The number of hydrogen-bond acceptors (Lipinski definition) is 5. The van der Waals surface area contributed by atoms with Gasteiger partial charge >= 0.3 is 0 Å². The van der Waals surface area contributed by atoms with E-state index in [0.29, 0.717) is 25.6 Å². The van der Waals surface area contributed by atoms with Crippen LogP contribution in [-0.4, -0.2) is 53.1 Å². The van der Waals surface area contributed by atoms with Crippen LogP contribution >= 0.6 is 11.8 Å². The minimum Gasteiger partial charge on any atom is -0.486 e. The highest BCUT2D eigenvalue weighted by Crippen LogP contribution is 2.34. The zero-order chi connectivity index (χ0) is 17.8. The molecule has 7 heteroatoms. The molecule has 2 aromatic rings. The number of likely N-dealkylation sites (tertiary alicyclic amines) is 1. The molecular formula is C19H23N3O3S. The minimum atomic E-state index is 0.235. The smallest absolute Gasteiger partial charge is 0.223 e. The van der Waals surface area contributed by atoms with Crippen molar-refractivity contribution in [2.75, 3.05) is 32.1 Å². The zero-order valence-electron chi connectivity index (χ0n) is 14.6. The maximum atomic E-state index is 12.6. The number of piperidine rings is 1. The second-order valence-corrected chi connectivity index (χ2v) is 7.76. The van der Waals surface area contributed by atoms with Crippen molar-refractivity contribution in [3.8, 4) is 11.5 Å². The quantitative estimate of drug-likeness (QED) is 0.816. The standard InChI is InChI=1S/C19H23N3O3S/c23-19(22-8-1-2-14(13-22)16-5-7-20-21-16)6-11-26-15-3-4-17-18(12-15)25-10-9-24-17/h3-5,7,12,14H,1-2,6,8-11,13H2,(H,20,21)/t14-/m0/s1. The highest BCUT2D eigenvalue weighted by Gasteiger charge is 2.25. The average molecular weight is 373 g/mol. The third-order valence-corrected chi connectivity index (χ3v) is 5.83. The molecule has 1 aromatic carbocycles. The third-order valence-electron chi connectivity index (χ3n) is 4.83. The van der Waals surface area contributed by atoms with E-state index in [1.165, 1.54) is 0 Å². The number of aromatic nitrogens is 2. The summed E-state index contributed by atoms with van der Waals surface area (Å²) < 4.78 is 11.2. The minimum absolute atomic E-state index is 0.235. The van der Waals surface area contributed by atoms with Crippen LogP contribution in [0.2, 0.25) is 0 Å². The number of benzene rings is 1. The summed E-state index contributed by atoms with van der Waals surface area (Å²) in [6.07, 6.45) is 4.48. The summed E-state index contributed by atoms with van der Waals surface area (Å²) in [4.78, 5) is 15.7. The molecule has 26 heavy (non-hydrogen) atoms. The summed E-state index contributed by atoms with van der Waals surface area (Å²) in [5.74, 6) is 2.98. The van der Waals surface area contributed by atoms with Crippen molar-refractivity contribution < 1.29 is 14.3 Å². The maximum absolute atomic E-state index is 12.6. The predicted molar refractivity (Wildman–Crippen MR) is 99.9 cm³/mol. The Morgan fingerprint density at radius 3 is 3.00 bits per heavy atom. The molecule has 1 saturated heterocycles. The normalized spacial score (nSPS) is 19.4. The lowest BCUT2D eigenvalue weighted by atomic mass is 9.95. The monoisotopic (exact) mass is 373 g/mol. The van der Waals surface area contributed by atoms with E-state index in [0.717, 1.165) is 53.8 Å². The first-order valence-corrected chi connectivity index (χ1v) is 10.1. The summed E-state index contributed by atoms with van der Waals surface area (Å²) in [5, 5.41) is 7.07. The molecule has 0 bridgehead atoms. The van der Waals surface area contributed by atoms with Crippen LogP contribution in [0.1, 0.15) is 30.9 Å². The van der Waals surface area contributed by atoms with Gasteiger partial charge in [0.1, 0.15) is 13.2 Å². The molecule has 3 heterocycles. The fourth-order valence-corrected chi connectivity index (χ4v) is 4.35. The van der Waals surface area contributed by atoms with E-state index in [-0.39, 0.29) is 5.91 Å². The largest absolute Gasteiger partial charge is 0.486 e. The Hall–Kier alpha value is -2.15. The number of hydrogen-bond donors (Lipinski definition) is 1. The number of thioether (sulfide) groups is 1. The summed E-state index contributed by atoms with van der Waals surface area (Å²) in [7, 11) is 0. The SMILES string of the molecule is O=C(CCSc1ccc2c(c1)OCCO2)N1CCC[C@H](c2ccn[nH]2)C1. The molecule has 0 unspecified atom stereocenters. The number of ether oxygens (including phenoxy) is 2. The Labute approximate surface area is 157 Å². The first kappa shape index (κ1) is 17.3. The van der Waals surface area contributed by atoms with Crippen molar-refractivity contribution in [2.24, 2.45) is 0 Å². The van der Waals surface area contributed by atoms with E-state index in [2.05, 4.69) is 10.2 Å². The van der Waals surface area contributed by atoms with Crippen molar-refractivity contribution in [3.63, 3.8) is 0 Å². The van der Waals surface area contributed by atoms with Gasteiger partial charge in [-0.15, -0.1) is 11.8 Å². The lowest BCUT2D eigenvalue weighted by Crippen LogP contribution is -2.39. The number of nitrogens with one attached hydrogen (secondary N) is 1. The maximum Gasteiger partial charge on any atom is 0.223 e. The molecule has 0 spiro atoms. The van der Waals surface area contributed by atoms with Gasteiger partial charge < -0.3 is 14.4 Å². The van der Waals surface area contributed by atoms with Gasteiger partial charge in [-0.2, -0.15) is 5.10 Å². The number of carbonyl (C=O) groups is 1. The molecule has 6 nitrogen and oxygen atoms in total. The Bertz CT molecular complexity index is 750.